The van der Waals surface area contributed by atoms with Gasteiger partial charge in [-0.05, 0) is 31.2 Å². The summed E-state index contributed by atoms with van der Waals surface area (Å²) in [6, 6.07) is 7.32. The van der Waals surface area contributed by atoms with Crippen molar-refractivity contribution >= 4 is 28.2 Å². The van der Waals surface area contributed by atoms with Gasteiger partial charge < -0.3 is 11.1 Å². The zero-order valence-electron chi connectivity index (χ0n) is 9.24. The van der Waals surface area contributed by atoms with Crippen LogP contribution < -0.4 is 11.1 Å². The molecule has 0 saturated carbocycles. The summed E-state index contributed by atoms with van der Waals surface area (Å²) in [7, 11) is 0. The van der Waals surface area contributed by atoms with Crippen LogP contribution in [0, 0.1) is 6.92 Å². The van der Waals surface area contributed by atoms with Crippen molar-refractivity contribution in [3.05, 3.63) is 30.0 Å². The lowest BCUT2D eigenvalue weighted by Gasteiger charge is -2.06. The third-order valence-electron chi connectivity index (χ3n) is 2.29. The molecule has 4 heteroatoms. The number of nitrogens with zero attached hydrogens (tertiary/aromatic N) is 1. The minimum absolute atomic E-state index is 0.0991. The van der Waals surface area contributed by atoms with Crippen LogP contribution in [0.5, 0.6) is 0 Å². The number of carbonyl (C=O) groups is 1. The van der Waals surface area contributed by atoms with Gasteiger partial charge in [-0.15, -0.1) is 0 Å². The van der Waals surface area contributed by atoms with Crippen molar-refractivity contribution in [2.45, 2.75) is 13.8 Å². The predicted molar refractivity (Wildman–Crippen MR) is 65.2 cm³/mol. The van der Waals surface area contributed by atoms with Gasteiger partial charge in [0.1, 0.15) is 0 Å². The van der Waals surface area contributed by atoms with E-state index in [9.17, 15) is 4.79 Å². The minimum atomic E-state index is -0.0991. The first-order chi connectivity index (χ1) is 7.56. The Morgan fingerprint density at radius 2 is 2.12 bits per heavy atom. The standard InChI is InChI=1S/C12H13N3O/c1-7-5-11(13)10-6-9(15-8(2)16)3-4-12(10)14-7/h3-6H,1-2H3,(H2,13,14)(H,15,16). The van der Waals surface area contributed by atoms with Crippen molar-refractivity contribution in [3.8, 4) is 0 Å². The summed E-state index contributed by atoms with van der Waals surface area (Å²) in [5.74, 6) is -0.0991. The number of amides is 1. The van der Waals surface area contributed by atoms with E-state index in [1.165, 1.54) is 6.92 Å². The van der Waals surface area contributed by atoms with Gasteiger partial charge in [-0.2, -0.15) is 0 Å². The number of nitrogens with one attached hydrogen (secondary N) is 1. The maximum Gasteiger partial charge on any atom is 0.221 e. The molecule has 0 spiro atoms. The van der Waals surface area contributed by atoms with Gasteiger partial charge in [0.05, 0.1) is 5.52 Å². The molecule has 1 heterocycles. The summed E-state index contributed by atoms with van der Waals surface area (Å²) >= 11 is 0. The Balaban J connectivity index is 2.57. The highest BCUT2D eigenvalue weighted by Crippen LogP contribution is 2.23. The largest absolute Gasteiger partial charge is 0.398 e. The molecule has 0 atom stereocenters. The average Bonchev–Trinajstić information content (AvgIpc) is 2.18. The third-order valence-corrected chi connectivity index (χ3v) is 2.29. The Bertz CT molecular complexity index is 563. The summed E-state index contributed by atoms with van der Waals surface area (Å²) < 4.78 is 0. The van der Waals surface area contributed by atoms with Crippen molar-refractivity contribution in [2.24, 2.45) is 0 Å². The molecule has 0 bridgehead atoms. The van der Waals surface area contributed by atoms with Crippen LogP contribution in [-0.4, -0.2) is 10.9 Å². The normalized spacial score (nSPS) is 10.4. The molecule has 3 N–H and O–H groups in total. The molecule has 4 nitrogen and oxygen atoms in total. The van der Waals surface area contributed by atoms with Crippen molar-refractivity contribution in [1.82, 2.24) is 4.98 Å². The summed E-state index contributed by atoms with van der Waals surface area (Å²) in [6.45, 7) is 3.37. The lowest BCUT2D eigenvalue weighted by atomic mass is 10.1. The lowest BCUT2D eigenvalue weighted by molar-refractivity contribution is -0.114. The highest BCUT2D eigenvalue weighted by Gasteiger charge is 2.03. The fourth-order valence-corrected chi connectivity index (χ4v) is 1.67. The molecule has 2 rings (SSSR count). The summed E-state index contributed by atoms with van der Waals surface area (Å²) in [5, 5.41) is 3.57. The Kier molecular flexibility index (Phi) is 2.48. The van der Waals surface area contributed by atoms with Crippen LogP contribution in [0.1, 0.15) is 12.6 Å². The number of pyridine rings is 1. The number of anilines is 2. The number of hydrogen-bond donors (Lipinski definition) is 2. The Labute approximate surface area is 93.5 Å². The maximum absolute atomic E-state index is 10.9. The van der Waals surface area contributed by atoms with Gasteiger partial charge in [0.15, 0.2) is 0 Å². The maximum atomic E-state index is 10.9. The van der Waals surface area contributed by atoms with E-state index < -0.39 is 0 Å². The molecular weight excluding hydrogens is 202 g/mol. The number of rotatable bonds is 1. The second-order valence-corrected chi connectivity index (χ2v) is 3.77. The summed E-state index contributed by atoms with van der Waals surface area (Å²) in [4.78, 5) is 15.3. The van der Waals surface area contributed by atoms with Gasteiger partial charge in [0.2, 0.25) is 5.91 Å². The second kappa shape index (κ2) is 3.81. The molecule has 0 aliphatic carbocycles. The number of aryl methyl sites for hydroxylation is 1. The molecular formula is C12H13N3O. The van der Waals surface area contributed by atoms with Gasteiger partial charge in [-0.3, -0.25) is 9.78 Å². The topological polar surface area (TPSA) is 68.0 Å². The van der Waals surface area contributed by atoms with E-state index in [4.69, 9.17) is 5.73 Å². The molecule has 0 aliphatic rings. The number of aromatic nitrogens is 1. The molecule has 1 aromatic heterocycles. The molecule has 0 aliphatic heterocycles. The Hall–Kier alpha value is -2.10. The number of carbonyl (C=O) groups excluding carboxylic acids is 1. The molecule has 1 amide bonds. The van der Waals surface area contributed by atoms with Gasteiger partial charge >= 0.3 is 0 Å². The highest BCUT2D eigenvalue weighted by molar-refractivity contribution is 5.96. The van der Waals surface area contributed by atoms with Crippen LogP contribution in [-0.2, 0) is 4.79 Å². The van der Waals surface area contributed by atoms with E-state index in [2.05, 4.69) is 10.3 Å². The molecule has 0 unspecified atom stereocenters. The molecule has 1 aromatic carbocycles. The average molecular weight is 215 g/mol. The van der Waals surface area contributed by atoms with E-state index in [1.54, 1.807) is 0 Å². The zero-order chi connectivity index (χ0) is 11.7. The van der Waals surface area contributed by atoms with Crippen molar-refractivity contribution in [1.29, 1.82) is 0 Å². The predicted octanol–water partition coefficient (Wildman–Crippen LogP) is 2.08. The quantitative estimate of drug-likeness (QED) is 0.765. The van der Waals surface area contributed by atoms with E-state index in [1.807, 2.05) is 31.2 Å². The van der Waals surface area contributed by atoms with Crippen molar-refractivity contribution in [3.63, 3.8) is 0 Å². The minimum Gasteiger partial charge on any atom is -0.398 e. The smallest absolute Gasteiger partial charge is 0.221 e. The number of nitrogen functional groups attached to an aromatic ring is 1. The Morgan fingerprint density at radius 1 is 1.38 bits per heavy atom. The van der Waals surface area contributed by atoms with Gasteiger partial charge in [-0.1, -0.05) is 0 Å². The first kappa shape index (κ1) is 10.4. The molecule has 0 fully saturated rings. The van der Waals surface area contributed by atoms with Crippen molar-refractivity contribution in [2.75, 3.05) is 11.1 Å². The van der Waals surface area contributed by atoms with Crippen LogP contribution >= 0.6 is 0 Å². The van der Waals surface area contributed by atoms with Crippen LogP contribution in [0.15, 0.2) is 24.3 Å². The SMILES string of the molecule is CC(=O)Nc1ccc2nc(C)cc(N)c2c1. The number of hydrogen-bond acceptors (Lipinski definition) is 3. The van der Waals surface area contributed by atoms with Gasteiger partial charge in [-0.25, -0.2) is 0 Å². The van der Waals surface area contributed by atoms with Gasteiger partial charge in [0.25, 0.3) is 0 Å². The summed E-state index contributed by atoms with van der Waals surface area (Å²) in [5.41, 5.74) is 9.04. The molecule has 16 heavy (non-hydrogen) atoms. The van der Waals surface area contributed by atoms with E-state index in [-0.39, 0.29) is 5.91 Å². The number of nitrogens with two attached hydrogens (primary N) is 1. The van der Waals surface area contributed by atoms with Crippen LogP contribution in [0.25, 0.3) is 10.9 Å². The first-order valence-corrected chi connectivity index (χ1v) is 5.01. The van der Waals surface area contributed by atoms with E-state index in [0.29, 0.717) is 5.69 Å². The number of benzene rings is 1. The van der Waals surface area contributed by atoms with Crippen LogP contribution in [0.4, 0.5) is 11.4 Å². The Morgan fingerprint density at radius 3 is 2.81 bits per heavy atom. The van der Waals surface area contributed by atoms with Crippen LogP contribution in [0.2, 0.25) is 0 Å². The van der Waals surface area contributed by atoms with Gasteiger partial charge in [0, 0.05) is 29.4 Å². The highest BCUT2D eigenvalue weighted by atomic mass is 16.1. The zero-order valence-corrected chi connectivity index (χ0v) is 9.24. The monoisotopic (exact) mass is 215 g/mol. The van der Waals surface area contributed by atoms with Crippen LogP contribution in [0.3, 0.4) is 0 Å². The molecule has 2 aromatic rings. The second-order valence-electron chi connectivity index (χ2n) is 3.77. The summed E-state index contributed by atoms with van der Waals surface area (Å²) in [6.07, 6.45) is 0. The van der Waals surface area contributed by atoms with E-state index >= 15 is 0 Å². The molecule has 0 saturated heterocycles. The van der Waals surface area contributed by atoms with E-state index in [0.717, 1.165) is 22.3 Å². The lowest BCUT2D eigenvalue weighted by Crippen LogP contribution is -2.05. The first-order valence-electron chi connectivity index (χ1n) is 5.01. The number of fused-ring (bicyclic) bond motifs is 1. The third kappa shape index (κ3) is 1.95. The fraction of sp³-hybridized carbons (Fsp3) is 0.167. The molecule has 82 valence electrons. The fourth-order valence-electron chi connectivity index (χ4n) is 1.67. The van der Waals surface area contributed by atoms with Crippen molar-refractivity contribution < 1.29 is 4.79 Å². The molecule has 0 radical (unpaired) electrons.